The number of cyclic esters (lactones) is 1. The molecule has 0 aromatic heterocycles. The van der Waals surface area contributed by atoms with Crippen molar-refractivity contribution in [1.82, 2.24) is 5.32 Å². The van der Waals surface area contributed by atoms with Crippen molar-refractivity contribution >= 4 is 5.97 Å². The molecule has 0 aliphatic carbocycles. The zero-order chi connectivity index (χ0) is 10.0. The van der Waals surface area contributed by atoms with Crippen LogP contribution in [0.1, 0.15) is 34.1 Å². The molecule has 76 valence electrons. The number of rotatable bonds is 3. The van der Waals surface area contributed by atoms with E-state index in [9.17, 15) is 4.79 Å². The molecule has 0 radical (unpaired) electrons. The summed E-state index contributed by atoms with van der Waals surface area (Å²) in [5.41, 5.74) is 0. The van der Waals surface area contributed by atoms with Crippen molar-refractivity contribution in [3.63, 3.8) is 0 Å². The molecule has 0 aromatic rings. The Labute approximate surface area is 79.8 Å². The highest BCUT2D eigenvalue weighted by molar-refractivity contribution is 5.77. The van der Waals surface area contributed by atoms with Gasteiger partial charge in [0.25, 0.3) is 0 Å². The summed E-state index contributed by atoms with van der Waals surface area (Å²) < 4.78 is 5.05. The Morgan fingerprint density at radius 3 is 2.46 bits per heavy atom. The van der Waals surface area contributed by atoms with E-state index in [0.29, 0.717) is 12.0 Å². The second-order valence-electron chi connectivity index (χ2n) is 4.24. The zero-order valence-corrected chi connectivity index (χ0v) is 8.83. The molecule has 1 rings (SSSR count). The summed E-state index contributed by atoms with van der Waals surface area (Å²) in [7, 11) is 0. The number of nitrogens with one attached hydrogen (secondary N) is 1. The van der Waals surface area contributed by atoms with Crippen LogP contribution in [0.2, 0.25) is 0 Å². The average molecular weight is 185 g/mol. The van der Waals surface area contributed by atoms with Gasteiger partial charge in [-0.25, -0.2) is 0 Å². The van der Waals surface area contributed by atoms with Gasteiger partial charge in [0.05, 0.1) is 0 Å². The van der Waals surface area contributed by atoms with E-state index in [2.05, 4.69) is 26.1 Å². The first-order valence-corrected chi connectivity index (χ1v) is 4.97. The van der Waals surface area contributed by atoms with Crippen molar-refractivity contribution in [2.75, 3.05) is 0 Å². The standard InChI is InChI=1S/C10H19NO2/c1-6(2)8(4)11-9-5-7(3)13-10(9)12/h6-9,11H,5H2,1-4H3. The molecule has 13 heavy (non-hydrogen) atoms. The van der Waals surface area contributed by atoms with E-state index in [1.54, 1.807) is 0 Å². The molecule has 1 aliphatic rings. The van der Waals surface area contributed by atoms with Gasteiger partial charge in [-0.1, -0.05) is 13.8 Å². The first-order chi connectivity index (χ1) is 6.00. The highest BCUT2D eigenvalue weighted by Crippen LogP contribution is 2.15. The lowest BCUT2D eigenvalue weighted by atomic mass is 10.0. The van der Waals surface area contributed by atoms with Crippen molar-refractivity contribution in [1.29, 1.82) is 0 Å². The second-order valence-corrected chi connectivity index (χ2v) is 4.24. The number of carbonyl (C=O) groups is 1. The van der Waals surface area contributed by atoms with Gasteiger partial charge in [-0.05, 0) is 19.8 Å². The number of hydrogen-bond acceptors (Lipinski definition) is 3. The minimum absolute atomic E-state index is 0.0735. The van der Waals surface area contributed by atoms with Crippen LogP contribution in [-0.2, 0) is 9.53 Å². The van der Waals surface area contributed by atoms with E-state index in [-0.39, 0.29) is 18.1 Å². The van der Waals surface area contributed by atoms with Crippen LogP contribution in [0, 0.1) is 5.92 Å². The van der Waals surface area contributed by atoms with E-state index in [0.717, 1.165) is 6.42 Å². The molecule has 1 N–H and O–H groups in total. The van der Waals surface area contributed by atoms with E-state index < -0.39 is 0 Å². The summed E-state index contributed by atoms with van der Waals surface area (Å²) in [5, 5.41) is 3.28. The second kappa shape index (κ2) is 4.09. The third-order valence-corrected chi connectivity index (χ3v) is 2.63. The van der Waals surface area contributed by atoms with E-state index in [1.807, 2.05) is 6.92 Å². The number of carbonyl (C=O) groups excluding carboxylic acids is 1. The fourth-order valence-corrected chi connectivity index (χ4v) is 1.40. The maximum absolute atomic E-state index is 11.3. The van der Waals surface area contributed by atoms with Gasteiger partial charge in [-0.15, -0.1) is 0 Å². The molecular weight excluding hydrogens is 166 g/mol. The zero-order valence-electron chi connectivity index (χ0n) is 8.83. The monoisotopic (exact) mass is 185 g/mol. The van der Waals surface area contributed by atoms with Gasteiger partial charge in [0, 0.05) is 12.5 Å². The molecule has 1 heterocycles. The summed E-state index contributed by atoms with van der Waals surface area (Å²) in [6.45, 7) is 8.31. The molecular formula is C10H19NO2. The van der Waals surface area contributed by atoms with Gasteiger partial charge in [-0.2, -0.15) is 0 Å². The van der Waals surface area contributed by atoms with Crippen LogP contribution < -0.4 is 5.32 Å². The average Bonchev–Trinajstić information content (AvgIpc) is 2.30. The largest absolute Gasteiger partial charge is 0.461 e. The lowest BCUT2D eigenvalue weighted by Crippen LogP contribution is -2.41. The van der Waals surface area contributed by atoms with Gasteiger partial charge >= 0.3 is 5.97 Å². The van der Waals surface area contributed by atoms with E-state index >= 15 is 0 Å². The van der Waals surface area contributed by atoms with Crippen LogP contribution in [0.3, 0.4) is 0 Å². The molecule has 3 unspecified atom stereocenters. The van der Waals surface area contributed by atoms with Crippen LogP contribution >= 0.6 is 0 Å². The van der Waals surface area contributed by atoms with Crippen LogP contribution in [-0.4, -0.2) is 24.2 Å². The topological polar surface area (TPSA) is 38.3 Å². The number of esters is 1. The van der Waals surface area contributed by atoms with Gasteiger partial charge < -0.3 is 10.1 Å². The quantitative estimate of drug-likeness (QED) is 0.674. The first kappa shape index (κ1) is 10.5. The van der Waals surface area contributed by atoms with Crippen molar-refractivity contribution in [3.8, 4) is 0 Å². The van der Waals surface area contributed by atoms with Crippen molar-refractivity contribution in [3.05, 3.63) is 0 Å². The molecule has 0 amide bonds. The fraction of sp³-hybridized carbons (Fsp3) is 0.900. The van der Waals surface area contributed by atoms with Gasteiger partial charge in [0.2, 0.25) is 0 Å². The Hall–Kier alpha value is -0.570. The summed E-state index contributed by atoms with van der Waals surface area (Å²) in [6, 6.07) is 0.273. The maximum Gasteiger partial charge on any atom is 0.323 e. The van der Waals surface area contributed by atoms with Gasteiger partial charge in [0.1, 0.15) is 12.1 Å². The Balaban J connectivity index is 2.41. The third kappa shape index (κ3) is 2.69. The number of hydrogen-bond donors (Lipinski definition) is 1. The Morgan fingerprint density at radius 2 is 2.08 bits per heavy atom. The highest BCUT2D eigenvalue weighted by Gasteiger charge is 2.32. The number of ether oxygens (including phenoxy) is 1. The summed E-state index contributed by atoms with van der Waals surface area (Å²) in [5.74, 6) is 0.448. The van der Waals surface area contributed by atoms with Crippen molar-refractivity contribution < 1.29 is 9.53 Å². The van der Waals surface area contributed by atoms with Gasteiger partial charge in [-0.3, -0.25) is 4.79 Å². The summed E-state index contributed by atoms with van der Waals surface area (Å²) >= 11 is 0. The minimum Gasteiger partial charge on any atom is -0.461 e. The SMILES string of the molecule is CC1CC(NC(C)C(C)C)C(=O)O1. The molecule has 3 heteroatoms. The normalized spacial score (nSPS) is 30.7. The van der Waals surface area contributed by atoms with Crippen LogP contribution in [0.4, 0.5) is 0 Å². The highest BCUT2D eigenvalue weighted by atomic mass is 16.6. The lowest BCUT2D eigenvalue weighted by molar-refractivity contribution is -0.142. The fourth-order valence-electron chi connectivity index (χ4n) is 1.40. The Morgan fingerprint density at radius 1 is 1.46 bits per heavy atom. The third-order valence-electron chi connectivity index (χ3n) is 2.63. The Bertz CT molecular complexity index is 191. The molecule has 0 aromatic carbocycles. The minimum atomic E-state index is -0.0972. The van der Waals surface area contributed by atoms with E-state index in [4.69, 9.17) is 4.74 Å². The van der Waals surface area contributed by atoms with Crippen molar-refractivity contribution in [2.45, 2.75) is 52.3 Å². The summed E-state index contributed by atoms with van der Waals surface area (Å²) in [4.78, 5) is 11.3. The molecule has 1 saturated heterocycles. The van der Waals surface area contributed by atoms with Crippen molar-refractivity contribution in [2.24, 2.45) is 5.92 Å². The lowest BCUT2D eigenvalue weighted by Gasteiger charge is -2.19. The van der Waals surface area contributed by atoms with Crippen LogP contribution in [0.15, 0.2) is 0 Å². The molecule has 1 fully saturated rings. The predicted octanol–water partition coefficient (Wildman–Crippen LogP) is 1.32. The van der Waals surface area contributed by atoms with E-state index in [1.165, 1.54) is 0 Å². The molecule has 0 spiro atoms. The van der Waals surface area contributed by atoms with Crippen LogP contribution in [0.5, 0.6) is 0 Å². The smallest absolute Gasteiger partial charge is 0.323 e. The predicted molar refractivity (Wildman–Crippen MR) is 51.4 cm³/mol. The molecule has 3 atom stereocenters. The summed E-state index contributed by atoms with van der Waals surface area (Å²) in [6.07, 6.45) is 0.875. The van der Waals surface area contributed by atoms with Crippen LogP contribution in [0.25, 0.3) is 0 Å². The first-order valence-electron chi connectivity index (χ1n) is 4.97. The Kier molecular flexibility index (Phi) is 3.31. The molecule has 0 bridgehead atoms. The molecule has 0 saturated carbocycles. The van der Waals surface area contributed by atoms with Gasteiger partial charge in [0.15, 0.2) is 0 Å². The maximum atomic E-state index is 11.3. The molecule has 1 aliphatic heterocycles. The molecule has 3 nitrogen and oxygen atoms in total.